The van der Waals surface area contributed by atoms with Crippen LogP contribution in [0.5, 0.6) is 17.2 Å². The molecule has 1 unspecified atom stereocenters. The van der Waals surface area contributed by atoms with Crippen LogP contribution in [0.1, 0.15) is 36.0 Å². The van der Waals surface area contributed by atoms with Crippen molar-refractivity contribution in [3.8, 4) is 17.2 Å². The molecule has 1 atom stereocenters. The molecule has 1 aliphatic heterocycles. The van der Waals surface area contributed by atoms with Crippen LogP contribution < -0.4 is 14.4 Å². The van der Waals surface area contributed by atoms with Crippen LogP contribution in [0.25, 0.3) is 0 Å². The highest BCUT2D eigenvalue weighted by atomic mass is 16.5. The van der Waals surface area contributed by atoms with Crippen LogP contribution in [-0.2, 0) is 4.79 Å². The molecule has 4 rings (SSSR count). The van der Waals surface area contributed by atoms with Gasteiger partial charge in [0.1, 0.15) is 5.75 Å². The standard InChI is InChI=1S/C25H23NO7/c1-3-31-18-12-9-16(14-20(18)32-4-2)26-22(15-7-10-17(27)11-8-15)21(24(29)25(26)30)23(28)19-6-5-13-33-19/h5-14,22,27,29H,3-4H2,1-2H3. The summed E-state index contributed by atoms with van der Waals surface area (Å²) < 4.78 is 16.5. The van der Waals surface area contributed by atoms with E-state index in [1.54, 1.807) is 36.4 Å². The monoisotopic (exact) mass is 449 g/mol. The van der Waals surface area contributed by atoms with Crippen molar-refractivity contribution in [3.05, 3.63) is 83.5 Å². The van der Waals surface area contributed by atoms with E-state index < -0.39 is 23.5 Å². The third-order valence-corrected chi connectivity index (χ3v) is 5.21. The zero-order valence-corrected chi connectivity index (χ0v) is 18.1. The lowest BCUT2D eigenvalue weighted by molar-refractivity contribution is -0.117. The molecule has 0 saturated carbocycles. The smallest absolute Gasteiger partial charge is 0.294 e. The molecule has 0 aliphatic carbocycles. The van der Waals surface area contributed by atoms with Crippen molar-refractivity contribution in [2.45, 2.75) is 19.9 Å². The van der Waals surface area contributed by atoms with Crippen LogP contribution in [0, 0.1) is 0 Å². The normalized spacial score (nSPS) is 15.8. The lowest BCUT2D eigenvalue weighted by Gasteiger charge is -2.27. The van der Waals surface area contributed by atoms with Crippen LogP contribution in [0.2, 0.25) is 0 Å². The molecule has 0 fully saturated rings. The molecular formula is C25H23NO7. The quantitative estimate of drug-likeness (QED) is 0.485. The maximum atomic E-state index is 13.2. The lowest BCUT2D eigenvalue weighted by atomic mass is 9.94. The van der Waals surface area contributed by atoms with Gasteiger partial charge in [0.2, 0.25) is 5.78 Å². The van der Waals surface area contributed by atoms with Gasteiger partial charge in [0.25, 0.3) is 5.91 Å². The minimum Gasteiger partial charge on any atom is -0.508 e. The summed E-state index contributed by atoms with van der Waals surface area (Å²) in [5.41, 5.74) is 0.804. The number of hydrogen-bond donors (Lipinski definition) is 2. The second-order valence-corrected chi connectivity index (χ2v) is 7.23. The first-order valence-electron chi connectivity index (χ1n) is 10.5. The van der Waals surface area contributed by atoms with Gasteiger partial charge in [-0.3, -0.25) is 14.5 Å². The molecular weight excluding hydrogens is 426 g/mol. The van der Waals surface area contributed by atoms with Gasteiger partial charge in [-0.15, -0.1) is 0 Å². The number of aromatic hydroxyl groups is 1. The number of furan rings is 1. The molecule has 33 heavy (non-hydrogen) atoms. The van der Waals surface area contributed by atoms with Gasteiger partial charge in [0, 0.05) is 11.8 Å². The van der Waals surface area contributed by atoms with Gasteiger partial charge in [-0.1, -0.05) is 12.1 Å². The average molecular weight is 449 g/mol. The Hall–Kier alpha value is -4.20. The molecule has 0 bridgehead atoms. The second kappa shape index (κ2) is 9.12. The Morgan fingerprint density at radius 1 is 1.00 bits per heavy atom. The van der Waals surface area contributed by atoms with E-state index in [0.29, 0.717) is 36.0 Å². The number of anilines is 1. The number of carbonyl (C=O) groups is 2. The summed E-state index contributed by atoms with van der Waals surface area (Å²) in [6.45, 7) is 4.49. The number of carbonyl (C=O) groups excluding carboxylic acids is 2. The second-order valence-electron chi connectivity index (χ2n) is 7.23. The Kier molecular flexibility index (Phi) is 6.08. The van der Waals surface area contributed by atoms with Crippen LogP contribution in [-0.4, -0.2) is 35.1 Å². The fourth-order valence-corrected chi connectivity index (χ4v) is 3.81. The predicted octanol–water partition coefficient (Wildman–Crippen LogP) is 4.57. The highest BCUT2D eigenvalue weighted by Crippen LogP contribution is 2.44. The minimum absolute atomic E-state index is 0.00308. The average Bonchev–Trinajstić information content (AvgIpc) is 3.43. The maximum absolute atomic E-state index is 13.2. The van der Waals surface area contributed by atoms with Crippen LogP contribution in [0.4, 0.5) is 5.69 Å². The molecule has 0 radical (unpaired) electrons. The lowest BCUT2D eigenvalue weighted by Crippen LogP contribution is -2.31. The van der Waals surface area contributed by atoms with Gasteiger partial charge in [-0.25, -0.2) is 0 Å². The molecule has 0 spiro atoms. The third-order valence-electron chi connectivity index (χ3n) is 5.21. The molecule has 2 heterocycles. The first kappa shape index (κ1) is 22.0. The minimum atomic E-state index is -0.955. The van der Waals surface area contributed by atoms with Gasteiger partial charge >= 0.3 is 0 Å². The zero-order valence-electron chi connectivity index (χ0n) is 18.1. The fourth-order valence-electron chi connectivity index (χ4n) is 3.81. The van der Waals surface area contributed by atoms with Crippen molar-refractivity contribution >= 4 is 17.4 Å². The van der Waals surface area contributed by atoms with Crippen molar-refractivity contribution in [2.24, 2.45) is 0 Å². The van der Waals surface area contributed by atoms with E-state index >= 15 is 0 Å². The summed E-state index contributed by atoms with van der Waals surface area (Å²) in [6, 6.07) is 13.1. The first-order valence-corrected chi connectivity index (χ1v) is 10.5. The molecule has 0 saturated heterocycles. The number of nitrogens with zero attached hydrogens (tertiary/aromatic N) is 1. The Bertz CT molecular complexity index is 1200. The Morgan fingerprint density at radius 2 is 1.70 bits per heavy atom. The van der Waals surface area contributed by atoms with E-state index in [1.165, 1.54) is 29.4 Å². The fraction of sp³-hybridized carbons (Fsp3) is 0.200. The summed E-state index contributed by atoms with van der Waals surface area (Å²) in [5, 5.41) is 20.5. The Morgan fingerprint density at radius 3 is 2.33 bits per heavy atom. The number of ketones is 1. The number of phenols is 1. The summed E-state index contributed by atoms with van der Waals surface area (Å²) in [4.78, 5) is 27.8. The number of rotatable bonds is 8. The number of hydrogen-bond acceptors (Lipinski definition) is 7. The van der Waals surface area contributed by atoms with Gasteiger partial charge in [0.15, 0.2) is 23.0 Å². The molecule has 2 N–H and O–H groups in total. The number of Topliss-reactive ketones (excluding diaryl/α,β-unsaturated/α-hetero) is 1. The zero-order chi connectivity index (χ0) is 23.5. The van der Waals surface area contributed by atoms with Crippen molar-refractivity contribution in [1.29, 1.82) is 0 Å². The number of aliphatic hydroxyl groups excluding tert-OH is 1. The summed E-state index contributed by atoms with van der Waals surface area (Å²) in [5.74, 6) is -1.05. The van der Waals surface area contributed by atoms with E-state index in [4.69, 9.17) is 13.9 Å². The number of phenolic OH excluding ortho intramolecular Hbond substituents is 1. The first-order chi connectivity index (χ1) is 16.0. The molecule has 8 heteroatoms. The highest BCUT2D eigenvalue weighted by Gasteiger charge is 2.45. The summed E-state index contributed by atoms with van der Waals surface area (Å²) in [7, 11) is 0. The molecule has 2 aromatic carbocycles. The molecule has 1 amide bonds. The van der Waals surface area contributed by atoms with Gasteiger partial charge in [-0.05, 0) is 55.8 Å². The van der Waals surface area contributed by atoms with Crippen molar-refractivity contribution in [3.63, 3.8) is 0 Å². The number of aliphatic hydroxyl groups is 1. The van der Waals surface area contributed by atoms with Gasteiger partial charge < -0.3 is 24.1 Å². The Labute approximate surface area is 190 Å². The van der Waals surface area contributed by atoms with Crippen LogP contribution >= 0.6 is 0 Å². The largest absolute Gasteiger partial charge is 0.508 e. The van der Waals surface area contributed by atoms with E-state index in [9.17, 15) is 19.8 Å². The molecule has 3 aromatic rings. The molecule has 8 nitrogen and oxygen atoms in total. The van der Waals surface area contributed by atoms with E-state index in [0.717, 1.165) is 0 Å². The highest BCUT2D eigenvalue weighted by molar-refractivity contribution is 6.20. The third kappa shape index (κ3) is 4.03. The van der Waals surface area contributed by atoms with Crippen molar-refractivity contribution in [1.82, 2.24) is 0 Å². The molecule has 170 valence electrons. The number of benzene rings is 2. The maximum Gasteiger partial charge on any atom is 0.294 e. The predicted molar refractivity (Wildman–Crippen MR) is 120 cm³/mol. The van der Waals surface area contributed by atoms with Crippen LogP contribution in [0.3, 0.4) is 0 Å². The molecule has 1 aliphatic rings. The van der Waals surface area contributed by atoms with Crippen molar-refractivity contribution < 1.29 is 33.7 Å². The SMILES string of the molecule is CCOc1ccc(N2C(=O)C(O)=C(C(=O)c3ccco3)C2c2ccc(O)cc2)cc1OCC. The number of ether oxygens (including phenoxy) is 2. The van der Waals surface area contributed by atoms with Crippen LogP contribution in [0.15, 0.2) is 76.6 Å². The number of amides is 1. The van der Waals surface area contributed by atoms with Gasteiger partial charge in [0.05, 0.1) is 31.1 Å². The summed E-state index contributed by atoms with van der Waals surface area (Å²) in [6.07, 6.45) is 1.34. The van der Waals surface area contributed by atoms with Crippen molar-refractivity contribution in [2.75, 3.05) is 18.1 Å². The van der Waals surface area contributed by atoms with E-state index in [2.05, 4.69) is 0 Å². The topological polar surface area (TPSA) is 109 Å². The Balaban J connectivity index is 1.85. The summed E-state index contributed by atoms with van der Waals surface area (Å²) >= 11 is 0. The molecule has 1 aromatic heterocycles. The van der Waals surface area contributed by atoms with Gasteiger partial charge in [-0.2, -0.15) is 0 Å². The van der Waals surface area contributed by atoms with E-state index in [-0.39, 0.29) is 17.1 Å². The van der Waals surface area contributed by atoms with E-state index in [1.807, 2.05) is 13.8 Å².